The molecule has 0 bridgehead atoms. The van der Waals surface area contributed by atoms with Crippen LogP contribution in [0.25, 0.3) is 21.8 Å². The van der Waals surface area contributed by atoms with Crippen LogP contribution in [0.4, 0.5) is 0 Å². The summed E-state index contributed by atoms with van der Waals surface area (Å²) in [6, 6.07) is 18.9. The Labute approximate surface area is 131 Å². The molecule has 108 valence electrons. The highest BCUT2D eigenvalue weighted by Gasteiger charge is 2.13. The molecule has 0 atom stereocenters. The smallest absolute Gasteiger partial charge is 0.206 e. The molecule has 0 fully saturated rings. The molecule has 5 nitrogen and oxygen atoms in total. The molecular weight excluding hydrogens is 288 g/mol. The molecule has 23 heavy (non-hydrogen) atoms. The maximum Gasteiger partial charge on any atom is 0.206 e. The Bertz CT molecular complexity index is 1070. The van der Waals surface area contributed by atoms with Crippen molar-refractivity contribution in [2.75, 3.05) is 0 Å². The third-order valence-corrected chi connectivity index (χ3v) is 3.52. The maximum absolute atomic E-state index is 9.29. The van der Waals surface area contributed by atoms with E-state index in [2.05, 4.69) is 15.2 Å². The molecular formula is C18H10N4O. The molecule has 0 N–H and O–H groups in total. The molecule has 2 heterocycles. The molecule has 0 aliphatic carbocycles. The summed E-state index contributed by atoms with van der Waals surface area (Å²) in [6.07, 6.45) is 1.75. The summed E-state index contributed by atoms with van der Waals surface area (Å²) in [4.78, 5) is 4.28. The van der Waals surface area contributed by atoms with E-state index in [1.165, 1.54) is 0 Å². The Balaban J connectivity index is 1.86. The highest BCUT2D eigenvalue weighted by Crippen LogP contribution is 2.32. The molecule has 5 heteroatoms. The van der Waals surface area contributed by atoms with Crippen molar-refractivity contribution in [3.8, 4) is 17.6 Å². The second-order valence-corrected chi connectivity index (χ2v) is 4.97. The predicted octanol–water partition coefficient (Wildman–Crippen LogP) is 3.84. The summed E-state index contributed by atoms with van der Waals surface area (Å²) in [6.45, 7) is 0. The molecule has 0 spiro atoms. The topological polar surface area (TPSA) is 71.7 Å². The standard InChI is InChI=1S/C18H10N4O/c19-11-17-18(14-5-1-2-6-16(14)21-22-17)23-13-7-8-15-12(10-13)4-3-9-20-15/h1-10H. The first-order valence-electron chi connectivity index (χ1n) is 7.03. The van der Waals surface area contributed by atoms with Gasteiger partial charge in [-0.2, -0.15) is 5.26 Å². The van der Waals surface area contributed by atoms with Crippen molar-refractivity contribution in [1.82, 2.24) is 15.2 Å². The van der Waals surface area contributed by atoms with Gasteiger partial charge in [-0.05, 0) is 36.4 Å². The normalized spacial score (nSPS) is 10.6. The Morgan fingerprint density at radius 1 is 0.913 bits per heavy atom. The van der Waals surface area contributed by atoms with E-state index in [9.17, 15) is 5.26 Å². The monoisotopic (exact) mass is 298 g/mol. The number of rotatable bonds is 2. The van der Waals surface area contributed by atoms with Crippen LogP contribution >= 0.6 is 0 Å². The molecule has 0 saturated carbocycles. The van der Waals surface area contributed by atoms with Crippen molar-refractivity contribution in [3.63, 3.8) is 0 Å². The molecule has 0 aliphatic heterocycles. The maximum atomic E-state index is 9.29. The highest BCUT2D eigenvalue weighted by atomic mass is 16.5. The Hall–Kier alpha value is -3.52. The molecule has 0 radical (unpaired) electrons. The summed E-state index contributed by atoms with van der Waals surface area (Å²) in [5.41, 5.74) is 1.73. The van der Waals surface area contributed by atoms with Crippen LogP contribution in [0.3, 0.4) is 0 Å². The van der Waals surface area contributed by atoms with E-state index in [4.69, 9.17) is 4.74 Å². The van der Waals surface area contributed by atoms with Crippen molar-refractivity contribution in [2.45, 2.75) is 0 Å². The number of fused-ring (bicyclic) bond motifs is 2. The number of nitriles is 1. The molecule has 4 aromatic rings. The lowest BCUT2D eigenvalue weighted by molar-refractivity contribution is 0.483. The second-order valence-electron chi connectivity index (χ2n) is 4.97. The molecule has 2 aromatic heterocycles. The highest BCUT2D eigenvalue weighted by molar-refractivity contribution is 5.86. The molecule has 2 aromatic carbocycles. The van der Waals surface area contributed by atoms with Crippen molar-refractivity contribution < 1.29 is 4.74 Å². The van der Waals surface area contributed by atoms with E-state index < -0.39 is 0 Å². The van der Waals surface area contributed by atoms with Gasteiger partial charge in [0.1, 0.15) is 11.8 Å². The Morgan fingerprint density at radius 2 is 1.83 bits per heavy atom. The predicted molar refractivity (Wildman–Crippen MR) is 86.1 cm³/mol. The van der Waals surface area contributed by atoms with Gasteiger partial charge in [-0.25, -0.2) is 0 Å². The number of nitrogens with zero attached hydrogens (tertiary/aromatic N) is 4. The second kappa shape index (κ2) is 5.35. The van der Waals surface area contributed by atoms with E-state index in [0.717, 1.165) is 16.3 Å². The first-order valence-corrected chi connectivity index (χ1v) is 7.03. The fraction of sp³-hybridized carbons (Fsp3) is 0. The van der Waals surface area contributed by atoms with E-state index >= 15 is 0 Å². The first kappa shape index (κ1) is 13.2. The van der Waals surface area contributed by atoms with Gasteiger partial charge in [-0.1, -0.05) is 18.2 Å². The number of pyridine rings is 1. The van der Waals surface area contributed by atoms with Crippen LogP contribution in [0.1, 0.15) is 5.69 Å². The van der Waals surface area contributed by atoms with Gasteiger partial charge in [-0.15, -0.1) is 10.2 Å². The number of hydrogen-bond donors (Lipinski definition) is 0. The van der Waals surface area contributed by atoms with Crippen LogP contribution in [0, 0.1) is 11.3 Å². The van der Waals surface area contributed by atoms with Crippen LogP contribution in [-0.2, 0) is 0 Å². The molecule has 0 amide bonds. The van der Waals surface area contributed by atoms with Crippen molar-refractivity contribution in [3.05, 3.63) is 66.5 Å². The van der Waals surface area contributed by atoms with Crippen molar-refractivity contribution in [2.24, 2.45) is 0 Å². The number of aromatic nitrogens is 3. The lowest BCUT2D eigenvalue weighted by Gasteiger charge is -2.10. The summed E-state index contributed by atoms with van der Waals surface area (Å²) in [5.74, 6) is 1.04. The van der Waals surface area contributed by atoms with Gasteiger partial charge in [0.2, 0.25) is 5.69 Å². The SMILES string of the molecule is N#Cc1nnc2ccccc2c1Oc1ccc2ncccc2c1. The van der Waals surface area contributed by atoms with E-state index in [-0.39, 0.29) is 5.69 Å². The largest absolute Gasteiger partial charge is 0.453 e. The third-order valence-electron chi connectivity index (χ3n) is 3.52. The number of hydrogen-bond acceptors (Lipinski definition) is 5. The fourth-order valence-corrected chi connectivity index (χ4v) is 2.44. The van der Waals surface area contributed by atoms with Gasteiger partial charge in [0.05, 0.1) is 11.0 Å². The van der Waals surface area contributed by atoms with Crippen LogP contribution in [0.2, 0.25) is 0 Å². The van der Waals surface area contributed by atoms with Gasteiger partial charge in [0.25, 0.3) is 0 Å². The Kier molecular flexibility index (Phi) is 3.06. The summed E-state index contributed by atoms with van der Waals surface area (Å²) >= 11 is 0. The summed E-state index contributed by atoms with van der Waals surface area (Å²) in [5, 5.41) is 19.0. The van der Waals surface area contributed by atoms with E-state index in [1.54, 1.807) is 6.20 Å². The summed E-state index contributed by atoms with van der Waals surface area (Å²) in [7, 11) is 0. The third kappa shape index (κ3) is 2.32. The van der Waals surface area contributed by atoms with Crippen LogP contribution < -0.4 is 4.74 Å². The van der Waals surface area contributed by atoms with Crippen LogP contribution in [0.15, 0.2) is 60.8 Å². The van der Waals surface area contributed by atoms with Gasteiger partial charge in [0, 0.05) is 17.0 Å². The summed E-state index contributed by atoms with van der Waals surface area (Å²) < 4.78 is 5.97. The lowest BCUT2D eigenvalue weighted by Crippen LogP contribution is -1.96. The molecule has 0 saturated heterocycles. The number of benzene rings is 2. The van der Waals surface area contributed by atoms with Crippen molar-refractivity contribution >= 4 is 21.8 Å². The fourth-order valence-electron chi connectivity index (χ4n) is 2.44. The van der Waals surface area contributed by atoms with Crippen molar-refractivity contribution in [1.29, 1.82) is 5.26 Å². The minimum absolute atomic E-state index is 0.162. The quantitative estimate of drug-likeness (QED) is 0.562. The van der Waals surface area contributed by atoms with E-state index in [1.807, 2.05) is 60.7 Å². The van der Waals surface area contributed by atoms with Gasteiger partial charge in [-0.3, -0.25) is 4.98 Å². The van der Waals surface area contributed by atoms with Crippen LogP contribution in [0.5, 0.6) is 11.5 Å². The minimum Gasteiger partial charge on any atom is -0.453 e. The average molecular weight is 298 g/mol. The van der Waals surface area contributed by atoms with Crippen LogP contribution in [-0.4, -0.2) is 15.2 Å². The van der Waals surface area contributed by atoms with E-state index in [0.29, 0.717) is 17.0 Å². The molecule has 4 rings (SSSR count). The van der Waals surface area contributed by atoms with Gasteiger partial charge < -0.3 is 4.74 Å². The van der Waals surface area contributed by atoms with Gasteiger partial charge in [0.15, 0.2) is 5.75 Å². The number of ether oxygens (including phenoxy) is 1. The zero-order valence-electron chi connectivity index (χ0n) is 12.0. The molecule has 0 unspecified atom stereocenters. The van der Waals surface area contributed by atoms with Gasteiger partial charge >= 0.3 is 0 Å². The Morgan fingerprint density at radius 3 is 2.74 bits per heavy atom. The zero-order chi connectivity index (χ0) is 15.6. The lowest BCUT2D eigenvalue weighted by atomic mass is 10.2. The first-order chi connectivity index (χ1) is 11.3. The zero-order valence-corrected chi connectivity index (χ0v) is 12.0. The molecule has 0 aliphatic rings. The average Bonchev–Trinajstić information content (AvgIpc) is 2.62. The minimum atomic E-state index is 0.162.